The van der Waals surface area contributed by atoms with Crippen LogP contribution in [0.5, 0.6) is 0 Å². The van der Waals surface area contributed by atoms with Crippen molar-refractivity contribution in [2.45, 2.75) is 31.8 Å². The van der Waals surface area contributed by atoms with E-state index >= 15 is 0 Å². The summed E-state index contributed by atoms with van der Waals surface area (Å²) in [4.78, 5) is 15.8. The molecule has 1 atom stereocenters. The van der Waals surface area contributed by atoms with Gasteiger partial charge in [0.1, 0.15) is 11.8 Å². The lowest BCUT2D eigenvalue weighted by Crippen LogP contribution is -2.62. The van der Waals surface area contributed by atoms with Crippen molar-refractivity contribution in [1.29, 1.82) is 0 Å². The number of carbonyl (C=O) groups is 1. The molecule has 6 nitrogen and oxygen atoms in total. The largest absolute Gasteiger partial charge is 0.447 e. The number of nitrogens with two attached hydrogens (primary N) is 1. The van der Waals surface area contributed by atoms with E-state index in [0.717, 1.165) is 5.70 Å². The number of anilines is 1. The summed E-state index contributed by atoms with van der Waals surface area (Å²) >= 11 is 0. The third-order valence-electron chi connectivity index (χ3n) is 2.71. The van der Waals surface area contributed by atoms with Crippen molar-refractivity contribution < 1.29 is 9.21 Å². The van der Waals surface area contributed by atoms with E-state index in [1.165, 1.54) is 6.26 Å². The molecule has 2 rings (SSSR count). The number of aromatic nitrogens is 1. The molecule has 0 aromatic carbocycles. The Morgan fingerprint density at radius 2 is 2.35 bits per heavy atom. The number of oxazole rings is 1. The molecule has 4 N–H and O–H groups in total. The zero-order chi connectivity index (χ0) is 12.6. The van der Waals surface area contributed by atoms with Crippen molar-refractivity contribution in [1.82, 2.24) is 15.6 Å². The van der Waals surface area contributed by atoms with Gasteiger partial charge in [-0.05, 0) is 13.8 Å². The average molecular weight is 236 g/mol. The van der Waals surface area contributed by atoms with Crippen LogP contribution in [0.4, 0.5) is 5.82 Å². The zero-order valence-electron chi connectivity index (χ0n) is 9.91. The van der Waals surface area contributed by atoms with Crippen molar-refractivity contribution >= 4 is 11.7 Å². The van der Waals surface area contributed by atoms with E-state index in [2.05, 4.69) is 22.2 Å². The van der Waals surface area contributed by atoms with Gasteiger partial charge in [0.05, 0.1) is 12.5 Å². The number of amides is 1. The first-order valence-corrected chi connectivity index (χ1v) is 5.36. The summed E-state index contributed by atoms with van der Waals surface area (Å²) in [7, 11) is 0. The summed E-state index contributed by atoms with van der Waals surface area (Å²) in [5.74, 6) is 0.742. The monoisotopic (exact) mass is 236 g/mol. The summed E-state index contributed by atoms with van der Waals surface area (Å²) in [6.07, 6.45) is 1.81. The standard InChI is InChI=1S/C11H16N4O2/c1-6-7(4-9-14-8(12)5-17-9)13-10(16)11(2,3)15-6/h5,7,15H,1,4,12H2,2-3H3,(H,13,16). The van der Waals surface area contributed by atoms with Gasteiger partial charge in [0, 0.05) is 5.70 Å². The molecular formula is C11H16N4O2. The predicted octanol–water partition coefficient (Wildman–Crippen LogP) is 0.180. The molecule has 1 amide bonds. The third kappa shape index (κ3) is 2.25. The van der Waals surface area contributed by atoms with Crippen molar-refractivity contribution in [3.05, 3.63) is 24.4 Å². The van der Waals surface area contributed by atoms with Crippen molar-refractivity contribution in [3.8, 4) is 0 Å². The number of nitrogen functional groups attached to an aromatic ring is 1. The first-order valence-electron chi connectivity index (χ1n) is 5.36. The number of piperazine rings is 1. The molecule has 1 aliphatic heterocycles. The molecule has 92 valence electrons. The van der Waals surface area contributed by atoms with Crippen LogP contribution in [0.3, 0.4) is 0 Å². The van der Waals surface area contributed by atoms with Crippen LogP contribution in [0.1, 0.15) is 19.7 Å². The van der Waals surface area contributed by atoms with Gasteiger partial charge < -0.3 is 20.8 Å². The maximum absolute atomic E-state index is 11.8. The number of hydrogen-bond donors (Lipinski definition) is 3. The average Bonchev–Trinajstić information content (AvgIpc) is 2.60. The SMILES string of the molecule is C=C1NC(C)(C)C(=O)NC1Cc1nc(N)co1. The Hall–Kier alpha value is -1.98. The van der Waals surface area contributed by atoms with E-state index in [0.29, 0.717) is 18.1 Å². The minimum absolute atomic E-state index is 0.0746. The number of carbonyl (C=O) groups excluding carboxylic acids is 1. The van der Waals surface area contributed by atoms with Gasteiger partial charge in [-0.1, -0.05) is 6.58 Å². The lowest BCUT2D eigenvalue weighted by atomic mass is 9.96. The molecule has 2 heterocycles. The second-order valence-corrected chi connectivity index (χ2v) is 4.67. The second kappa shape index (κ2) is 3.80. The summed E-state index contributed by atoms with van der Waals surface area (Å²) < 4.78 is 5.15. The fraction of sp³-hybridized carbons (Fsp3) is 0.455. The smallest absolute Gasteiger partial charge is 0.245 e. The minimum Gasteiger partial charge on any atom is -0.447 e. The lowest BCUT2D eigenvalue weighted by Gasteiger charge is -2.37. The lowest BCUT2D eigenvalue weighted by molar-refractivity contribution is -0.128. The highest BCUT2D eigenvalue weighted by atomic mass is 16.3. The fourth-order valence-corrected chi connectivity index (χ4v) is 1.74. The Labute approximate surface area is 99.3 Å². The Morgan fingerprint density at radius 1 is 1.65 bits per heavy atom. The van der Waals surface area contributed by atoms with Crippen molar-refractivity contribution in [2.24, 2.45) is 0 Å². The molecule has 17 heavy (non-hydrogen) atoms. The second-order valence-electron chi connectivity index (χ2n) is 4.67. The first kappa shape index (κ1) is 11.5. The summed E-state index contributed by atoms with van der Waals surface area (Å²) in [5, 5.41) is 5.95. The zero-order valence-corrected chi connectivity index (χ0v) is 9.91. The highest BCUT2D eigenvalue weighted by Gasteiger charge is 2.36. The van der Waals surface area contributed by atoms with E-state index in [4.69, 9.17) is 10.2 Å². The van der Waals surface area contributed by atoms with E-state index in [1.807, 2.05) is 0 Å². The first-order chi connectivity index (χ1) is 7.88. The number of nitrogens with one attached hydrogen (secondary N) is 2. The maximum Gasteiger partial charge on any atom is 0.245 e. The molecular weight excluding hydrogens is 220 g/mol. The van der Waals surface area contributed by atoms with Crippen LogP contribution < -0.4 is 16.4 Å². The van der Waals surface area contributed by atoms with Crippen LogP contribution in [0.25, 0.3) is 0 Å². The Bertz CT molecular complexity index is 464. The molecule has 0 spiro atoms. The summed E-state index contributed by atoms with van der Waals surface area (Å²) in [5.41, 5.74) is 5.56. The maximum atomic E-state index is 11.8. The van der Waals surface area contributed by atoms with Crippen LogP contribution in [0.15, 0.2) is 23.0 Å². The molecule has 0 radical (unpaired) electrons. The van der Waals surface area contributed by atoms with Gasteiger partial charge in [-0.3, -0.25) is 4.79 Å². The van der Waals surface area contributed by atoms with E-state index in [9.17, 15) is 4.79 Å². The van der Waals surface area contributed by atoms with Gasteiger partial charge >= 0.3 is 0 Å². The van der Waals surface area contributed by atoms with Gasteiger partial charge in [0.15, 0.2) is 11.7 Å². The predicted molar refractivity (Wildman–Crippen MR) is 62.9 cm³/mol. The quantitative estimate of drug-likeness (QED) is 0.681. The molecule has 1 unspecified atom stereocenters. The molecule has 1 aliphatic rings. The molecule has 1 saturated heterocycles. The Morgan fingerprint density at radius 3 is 2.94 bits per heavy atom. The van der Waals surface area contributed by atoms with E-state index in [1.54, 1.807) is 13.8 Å². The molecule has 0 aliphatic carbocycles. The van der Waals surface area contributed by atoms with E-state index < -0.39 is 5.54 Å². The van der Waals surface area contributed by atoms with Crippen molar-refractivity contribution in [2.75, 3.05) is 5.73 Å². The van der Waals surface area contributed by atoms with Crippen LogP contribution in [0.2, 0.25) is 0 Å². The molecule has 0 saturated carbocycles. The van der Waals surface area contributed by atoms with E-state index in [-0.39, 0.29) is 11.9 Å². The van der Waals surface area contributed by atoms with Gasteiger partial charge in [-0.25, -0.2) is 0 Å². The van der Waals surface area contributed by atoms with Gasteiger partial charge in [0.25, 0.3) is 0 Å². The minimum atomic E-state index is -0.636. The Kier molecular flexibility index (Phi) is 2.57. The van der Waals surface area contributed by atoms with Gasteiger partial charge in [-0.15, -0.1) is 0 Å². The van der Waals surface area contributed by atoms with Gasteiger partial charge in [0.2, 0.25) is 5.91 Å². The summed E-state index contributed by atoms with van der Waals surface area (Å²) in [6.45, 7) is 7.50. The molecule has 0 bridgehead atoms. The van der Waals surface area contributed by atoms with Crippen molar-refractivity contribution in [3.63, 3.8) is 0 Å². The number of hydrogen-bond acceptors (Lipinski definition) is 5. The molecule has 6 heteroatoms. The molecule has 1 aromatic rings. The molecule has 1 aromatic heterocycles. The van der Waals surface area contributed by atoms with Gasteiger partial charge in [-0.2, -0.15) is 4.98 Å². The Balaban J connectivity index is 2.08. The number of nitrogens with zero attached hydrogens (tertiary/aromatic N) is 1. The highest BCUT2D eigenvalue weighted by Crippen LogP contribution is 2.17. The summed E-state index contributed by atoms with van der Waals surface area (Å²) in [6, 6.07) is -0.228. The third-order valence-corrected chi connectivity index (χ3v) is 2.71. The van der Waals surface area contributed by atoms with Crippen LogP contribution >= 0.6 is 0 Å². The van der Waals surface area contributed by atoms with Crippen LogP contribution in [-0.2, 0) is 11.2 Å². The highest BCUT2D eigenvalue weighted by molar-refractivity contribution is 5.87. The topological polar surface area (TPSA) is 93.2 Å². The number of rotatable bonds is 2. The molecule has 1 fully saturated rings. The van der Waals surface area contributed by atoms with Crippen LogP contribution in [-0.4, -0.2) is 22.5 Å². The fourth-order valence-electron chi connectivity index (χ4n) is 1.74. The van der Waals surface area contributed by atoms with Crippen LogP contribution in [0, 0.1) is 0 Å². The normalized spacial score (nSPS) is 23.1.